The fourth-order valence-electron chi connectivity index (χ4n) is 1.98. The molecule has 0 aliphatic rings. The molecule has 0 spiro atoms. The zero-order valence-corrected chi connectivity index (χ0v) is 11.7. The summed E-state index contributed by atoms with van der Waals surface area (Å²) in [4.78, 5) is 1.18. The van der Waals surface area contributed by atoms with E-state index in [2.05, 4.69) is 21.9 Å². The molecule has 1 rings (SSSR count). The van der Waals surface area contributed by atoms with Crippen molar-refractivity contribution < 1.29 is 0 Å². The number of aryl methyl sites for hydroxylation is 1. The predicted octanol–water partition coefficient (Wildman–Crippen LogP) is 3.10. The Hall–Kier alpha value is -0.520. The number of rotatable bonds is 9. The second kappa shape index (κ2) is 8.55. The second-order valence-electron chi connectivity index (χ2n) is 4.50. The van der Waals surface area contributed by atoms with Crippen LogP contribution in [0.25, 0.3) is 0 Å². The van der Waals surface area contributed by atoms with Gasteiger partial charge >= 0.3 is 0 Å². The zero-order chi connectivity index (χ0) is 12.5. The summed E-state index contributed by atoms with van der Waals surface area (Å²) in [6.07, 6.45) is 8.95. The first-order valence-corrected chi connectivity index (χ1v) is 7.32. The van der Waals surface area contributed by atoms with E-state index < -0.39 is 0 Å². The van der Waals surface area contributed by atoms with Gasteiger partial charge in [-0.3, -0.25) is 11.3 Å². The molecule has 0 fully saturated rings. The summed E-state index contributed by atoms with van der Waals surface area (Å²) >= 11 is 1.45. The largest absolute Gasteiger partial charge is 0.271 e. The molecule has 0 radical (unpaired) electrons. The highest BCUT2D eigenvalue weighted by molar-refractivity contribution is 7.05. The predicted molar refractivity (Wildman–Crippen MR) is 72.7 cm³/mol. The molecular formula is C12H24N4S. The number of nitrogens with one attached hydrogen (secondary N) is 1. The maximum Gasteiger partial charge on any atom is 0.0773 e. The molecule has 4 nitrogen and oxygen atoms in total. The van der Waals surface area contributed by atoms with Gasteiger partial charge in [-0.15, -0.1) is 5.10 Å². The normalized spacial score (nSPS) is 12.9. The van der Waals surface area contributed by atoms with Gasteiger partial charge in [0.25, 0.3) is 0 Å². The molecule has 0 aromatic carbocycles. The van der Waals surface area contributed by atoms with Crippen LogP contribution >= 0.6 is 11.5 Å². The van der Waals surface area contributed by atoms with Gasteiger partial charge < -0.3 is 0 Å². The van der Waals surface area contributed by atoms with Gasteiger partial charge in [-0.25, -0.2) is 0 Å². The fraction of sp³-hybridized carbons (Fsp3) is 0.833. The SMILES string of the molecule is CCCCCCCCC(NN)c1snnc1C. The van der Waals surface area contributed by atoms with Crippen molar-refractivity contribution in [2.24, 2.45) is 5.84 Å². The van der Waals surface area contributed by atoms with E-state index in [1.165, 1.54) is 54.9 Å². The summed E-state index contributed by atoms with van der Waals surface area (Å²) in [7, 11) is 0. The third kappa shape index (κ3) is 5.10. The van der Waals surface area contributed by atoms with Gasteiger partial charge in [-0.05, 0) is 24.9 Å². The second-order valence-corrected chi connectivity index (χ2v) is 5.28. The summed E-state index contributed by atoms with van der Waals surface area (Å²) in [5.41, 5.74) is 3.88. The van der Waals surface area contributed by atoms with Crippen LogP contribution in [-0.4, -0.2) is 9.59 Å². The summed E-state index contributed by atoms with van der Waals surface area (Å²) in [6, 6.07) is 0.223. The molecule has 0 aliphatic carbocycles. The Balaban J connectivity index is 2.22. The molecule has 0 amide bonds. The van der Waals surface area contributed by atoms with E-state index in [-0.39, 0.29) is 6.04 Å². The van der Waals surface area contributed by atoms with Crippen molar-refractivity contribution in [3.05, 3.63) is 10.6 Å². The summed E-state index contributed by atoms with van der Waals surface area (Å²) in [5, 5.41) is 4.03. The van der Waals surface area contributed by atoms with E-state index in [9.17, 15) is 0 Å². The highest BCUT2D eigenvalue weighted by Gasteiger charge is 2.15. The molecule has 0 bridgehead atoms. The minimum absolute atomic E-state index is 0.223. The van der Waals surface area contributed by atoms with Crippen molar-refractivity contribution >= 4 is 11.5 Å². The van der Waals surface area contributed by atoms with E-state index >= 15 is 0 Å². The molecule has 1 heterocycles. The smallest absolute Gasteiger partial charge is 0.0773 e. The van der Waals surface area contributed by atoms with Crippen LogP contribution in [-0.2, 0) is 0 Å². The lowest BCUT2D eigenvalue weighted by molar-refractivity contribution is 0.480. The Morgan fingerprint density at radius 2 is 1.94 bits per heavy atom. The first-order valence-electron chi connectivity index (χ1n) is 6.54. The van der Waals surface area contributed by atoms with Crippen LogP contribution in [0.4, 0.5) is 0 Å². The van der Waals surface area contributed by atoms with Crippen LogP contribution in [0.5, 0.6) is 0 Å². The molecule has 0 aliphatic heterocycles. The van der Waals surface area contributed by atoms with E-state index in [1.54, 1.807) is 0 Å². The zero-order valence-electron chi connectivity index (χ0n) is 10.9. The number of hydrogen-bond acceptors (Lipinski definition) is 5. The highest BCUT2D eigenvalue weighted by Crippen LogP contribution is 2.24. The minimum atomic E-state index is 0.223. The highest BCUT2D eigenvalue weighted by atomic mass is 32.1. The van der Waals surface area contributed by atoms with E-state index in [0.29, 0.717) is 0 Å². The third-order valence-electron chi connectivity index (χ3n) is 3.05. The number of hydrazine groups is 1. The quantitative estimate of drug-likeness (QED) is 0.405. The van der Waals surface area contributed by atoms with Gasteiger partial charge in [0.05, 0.1) is 16.6 Å². The fourth-order valence-corrected chi connectivity index (χ4v) is 2.71. The van der Waals surface area contributed by atoms with Crippen molar-refractivity contribution in [1.82, 2.24) is 15.0 Å². The number of nitrogens with zero attached hydrogens (tertiary/aromatic N) is 2. The van der Waals surface area contributed by atoms with Gasteiger partial charge in [0.1, 0.15) is 0 Å². The van der Waals surface area contributed by atoms with E-state index in [0.717, 1.165) is 12.1 Å². The van der Waals surface area contributed by atoms with Crippen LogP contribution in [0.3, 0.4) is 0 Å². The molecule has 5 heteroatoms. The molecule has 1 atom stereocenters. The van der Waals surface area contributed by atoms with Crippen molar-refractivity contribution in [3.8, 4) is 0 Å². The maximum atomic E-state index is 5.60. The summed E-state index contributed by atoms with van der Waals surface area (Å²) in [5.74, 6) is 5.60. The van der Waals surface area contributed by atoms with Crippen molar-refractivity contribution in [1.29, 1.82) is 0 Å². The maximum absolute atomic E-state index is 5.60. The number of nitrogens with two attached hydrogens (primary N) is 1. The van der Waals surface area contributed by atoms with Crippen molar-refractivity contribution in [2.45, 2.75) is 64.8 Å². The Morgan fingerprint density at radius 1 is 1.24 bits per heavy atom. The minimum Gasteiger partial charge on any atom is -0.271 e. The first-order chi connectivity index (χ1) is 8.29. The number of unbranched alkanes of at least 4 members (excludes halogenated alkanes) is 5. The lowest BCUT2D eigenvalue weighted by atomic mass is 10.0. The van der Waals surface area contributed by atoms with Crippen LogP contribution in [0.15, 0.2) is 0 Å². The van der Waals surface area contributed by atoms with E-state index in [1.807, 2.05) is 6.92 Å². The van der Waals surface area contributed by atoms with Gasteiger partial charge in [-0.1, -0.05) is 49.9 Å². The summed E-state index contributed by atoms with van der Waals surface area (Å²) < 4.78 is 3.96. The summed E-state index contributed by atoms with van der Waals surface area (Å²) in [6.45, 7) is 4.23. The molecule has 1 aromatic rings. The van der Waals surface area contributed by atoms with Crippen LogP contribution in [0.1, 0.15) is 68.5 Å². The number of aromatic nitrogens is 2. The van der Waals surface area contributed by atoms with Gasteiger partial charge in [0.15, 0.2) is 0 Å². The lowest BCUT2D eigenvalue weighted by Gasteiger charge is -2.13. The average molecular weight is 256 g/mol. The molecule has 17 heavy (non-hydrogen) atoms. The topological polar surface area (TPSA) is 63.8 Å². The number of hydrogen-bond donors (Lipinski definition) is 2. The molecule has 1 unspecified atom stereocenters. The third-order valence-corrected chi connectivity index (χ3v) is 3.99. The Labute approximate surface area is 108 Å². The molecular weight excluding hydrogens is 232 g/mol. The van der Waals surface area contributed by atoms with Crippen molar-refractivity contribution in [2.75, 3.05) is 0 Å². The van der Waals surface area contributed by atoms with Gasteiger partial charge in [0.2, 0.25) is 0 Å². The van der Waals surface area contributed by atoms with Crippen LogP contribution in [0.2, 0.25) is 0 Å². The Kier molecular flexibility index (Phi) is 7.32. The standard InChI is InChI=1S/C12H24N4S/c1-3-4-5-6-7-8-9-11(14-13)12-10(2)15-16-17-12/h11,14H,3-9,13H2,1-2H3. The van der Waals surface area contributed by atoms with Crippen LogP contribution < -0.4 is 11.3 Å². The van der Waals surface area contributed by atoms with Gasteiger partial charge in [0, 0.05) is 0 Å². The Bertz CT molecular complexity index is 300. The Morgan fingerprint density at radius 3 is 2.53 bits per heavy atom. The molecule has 0 saturated carbocycles. The molecule has 3 N–H and O–H groups in total. The van der Waals surface area contributed by atoms with E-state index in [4.69, 9.17) is 5.84 Å². The average Bonchev–Trinajstić information content (AvgIpc) is 2.75. The molecule has 1 aromatic heterocycles. The lowest BCUT2D eigenvalue weighted by Crippen LogP contribution is -2.27. The van der Waals surface area contributed by atoms with Gasteiger partial charge in [-0.2, -0.15) is 0 Å². The molecule has 98 valence electrons. The molecule has 0 saturated heterocycles. The van der Waals surface area contributed by atoms with Crippen LogP contribution in [0, 0.1) is 6.92 Å². The first kappa shape index (κ1) is 14.5. The monoisotopic (exact) mass is 256 g/mol. The van der Waals surface area contributed by atoms with Crippen molar-refractivity contribution in [3.63, 3.8) is 0 Å².